The lowest BCUT2D eigenvalue weighted by Crippen LogP contribution is -2.42. The second kappa shape index (κ2) is 8.40. The first-order valence-electron chi connectivity index (χ1n) is 13.5. The smallest absolute Gasteiger partial charge is 0.256 e. The van der Waals surface area contributed by atoms with Gasteiger partial charge in [0, 0.05) is 25.2 Å². The fourth-order valence-corrected chi connectivity index (χ4v) is 5.89. The monoisotopic (exact) mass is 509 g/mol. The van der Waals surface area contributed by atoms with Crippen LogP contribution >= 0.6 is 0 Å². The molecule has 0 unspecified atom stereocenters. The molecule has 2 heterocycles. The van der Waals surface area contributed by atoms with Gasteiger partial charge in [-0.15, -0.1) is 0 Å². The maximum absolute atomic E-state index is 13.4. The van der Waals surface area contributed by atoms with Crippen molar-refractivity contribution in [3.63, 3.8) is 0 Å². The Labute approximate surface area is 221 Å². The highest BCUT2D eigenvalue weighted by atomic mass is 16.5. The number of hydrogen-bond acceptors (Lipinski definition) is 5. The van der Waals surface area contributed by atoms with Crippen molar-refractivity contribution in [1.29, 1.82) is 0 Å². The number of fused-ring (bicyclic) bond motifs is 1. The highest BCUT2D eigenvalue weighted by Gasteiger charge is 2.58. The van der Waals surface area contributed by atoms with Gasteiger partial charge in [0.25, 0.3) is 11.8 Å². The van der Waals surface area contributed by atoms with Crippen LogP contribution in [0.25, 0.3) is 21.9 Å². The van der Waals surface area contributed by atoms with Crippen molar-refractivity contribution in [1.82, 2.24) is 9.80 Å². The fourth-order valence-electron chi connectivity index (χ4n) is 5.89. The molecule has 194 valence electrons. The van der Waals surface area contributed by atoms with E-state index in [-0.39, 0.29) is 17.7 Å². The van der Waals surface area contributed by atoms with Crippen LogP contribution in [0.2, 0.25) is 0 Å². The summed E-state index contributed by atoms with van der Waals surface area (Å²) >= 11 is 0. The number of likely N-dealkylation sites (tertiary alicyclic amines) is 1. The number of nitrogens with zero attached hydrogens (tertiary/aromatic N) is 3. The van der Waals surface area contributed by atoms with Crippen LogP contribution in [0.1, 0.15) is 37.7 Å². The minimum absolute atomic E-state index is 0.0899. The molecule has 0 radical (unpaired) electrons. The zero-order chi connectivity index (χ0) is 26.1. The third-order valence-electron chi connectivity index (χ3n) is 8.60. The van der Waals surface area contributed by atoms with Crippen molar-refractivity contribution in [3.05, 3.63) is 66.2 Å². The van der Waals surface area contributed by atoms with Crippen molar-refractivity contribution in [2.75, 3.05) is 26.7 Å². The summed E-state index contributed by atoms with van der Waals surface area (Å²) in [5.41, 5.74) is 1.46. The van der Waals surface area contributed by atoms with Gasteiger partial charge in [0.2, 0.25) is 0 Å². The molecule has 3 aromatic rings. The number of rotatable bonds is 6. The van der Waals surface area contributed by atoms with E-state index in [2.05, 4.69) is 48.5 Å². The maximum atomic E-state index is 13.4. The zero-order valence-corrected chi connectivity index (χ0v) is 21.5. The van der Waals surface area contributed by atoms with Gasteiger partial charge in [0.15, 0.2) is 0 Å². The third kappa shape index (κ3) is 3.88. The Morgan fingerprint density at radius 2 is 1.66 bits per heavy atom. The molecule has 2 aliphatic heterocycles. The van der Waals surface area contributed by atoms with E-state index in [0.29, 0.717) is 32.5 Å². The second-order valence-corrected chi connectivity index (χ2v) is 11.3. The Morgan fingerprint density at radius 3 is 2.37 bits per heavy atom. The molecule has 2 saturated carbocycles. The van der Waals surface area contributed by atoms with Crippen molar-refractivity contribution >= 4 is 28.4 Å². The number of benzene rings is 3. The molecule has 7 rings (SSSR count). The molecule has 7 nitrogen and oxygen atoms in total. The molecule has 1 N–H and O–H groups in total. The van der Waals surface area contributed by atoms with Crippen LogP contribution in [-0.4, -0.2) is 70.4 Å². The van der Waals surface area contributed by atoms with Crippen molar-refractivity contribution in [3.8, 4) is 16.9 Å². The third-order valence-corrected chi connectivity index (χ3v) is 8.60. The highest BCUT2D eigenvalue weighted by molar-refractivity contribution is 6.16. The molecule has 7 heteroatoms. The fraction of sp³-hybridized carbons (Fsp3) is 0.387. The van der Waals surface area contributed by atoms with E-state index in [9.17, 15) is 14.7 Å². The van der Waals surface area contributed by atoms with Gasteiger partial charge in [-0.3, -0.25) is 19.5 Å². The molecule has 1 atom stereocenters. The van der Waals surface area contributed by atoms with Crippen LogP contribution < -0.4 is 4.74 Å². The van der Waals surface area contributed by atoms with E-state index in [4.69, 9.17) is 9.73 Å². The molecule has 4 aliphatic rings. The Kier molecular flexibility index (Phi) is 5.17. The minimum Gasteiger partial charge on any atom is -0.497 e. The number of aliphatic imine (C=N–C) groups is 1. The number of aliphatic hydroxyl groups is 1. The Hall–Kier alpha value is -3.71. The summed E-state index contributed by atoms with van der Waals surface area (Å²) in [6.45, 7) is 1.77. The normalized spacial score (nSPS) is 22.7. The Bertz CT molecular complexity index is 1490. The molecule has 0 aromatic heterocycles. The lowest BCUT2D eigenvalue weighted by Gasteiger charge is -2.24. The van der Waals surface area contributed by atoms with Crippen molar-refractivity contribution < 1.29 is 19.4 Å². The molecule has 1 spiro atoms. The highest BCUT2D eigenvalue weighted by Crippen LogP contribution is 2.46. The lowest BCUT2D eigenvalue weighted by atomic mass is 9.99. The van der Waals surface area contributed by atoms with Crippen molar-refractivity contribution in [2.45, 2.75) is 43.2 Å². The van der Waals surface area contributed by atoms with Gasteiger partial charge in [-0.1, -0.05) is 42.5 Å². The number of methoxy groups -OCH3 is 1. The number of carbonyl (C=O) groups is 2. The number of amidine groups is 1. The summed E-state index contributed by atoms with van der Waals surface area (Å²) in [5, 5.41) is 12.5. The summed E-state index contributed by atoms with van der Waals surface area (Å²) in [6, 6.07) is 20.8. The molecule has 38 heavy (non-hydrogen) atoms. The predicted octanol–water partition coefficient (Wildman–Crippen LogP) is 4.01. The first kappa shape index (κ1) is 23.4. The van der Waals surface area contributed by atoms with Gasteiger partial charge in [-0.25, -0.2) is 0 Å². The second-order valence-electron chi connectivity index (χ2n) is 11.3. The molecule has 0 bridgehead atoms. The summed E-state index contributed by atoms with van der Waals surface area (Å²) in [4.78, 5) is 34.5. The first-order valence-corrected chi connectivity index (χ1v) is 13.5. The number of hydrogen-bond donors (Lipinski definition) is 1. The summed E-state index contributed by atoms with van der Waals surface area (Å²) in [6.07, 6.45) is 3.54. The van der Waals surface area contributed by atoms with E-state index in [1.807, 2.05) is 17.0 Å². The largest absolute Gasteiger partial charge is 0.497 e. The van der Waals surface area contributed by atoms with E-state index < -0.39 is 11.1 Å². The molecule has 2 amide bonds. The summed E-state index contributed by atoms with van der Waals surface area (Å²) in [7, 11) is 1.68. The van der Waals surface area contributed by atoms with Crippen LogP contribution in [-0.2, 0) is 9.59 Å². The average molecular weight is 510 g/mol. The Morgan fingerprint density at radius 1 is 0.974 bits per heavy atom. The summed E-state index contributed by atoms with van der Waals surface area (Å²) in [5.74, 6) is 1.71. The SMILES string of the molecule is COc1ccc2cc(-c3ccc(C4=NC5(CC5)C(=O)N4C[C@@H]4CCN(C(=O)C5(O)CC5)C4)cc3)ccc2c1. The van der Waals surface area contributed by atoms with Crippen LogP contribution in [0.3, 0.4) is 0 Å². The lowest BCUT2D eigenvalue weighted by molar-refractivity contribution is -0.141. The average Bonchev–Trinajstić information content (AvgIpc) is 3.83. The van der Waals surface area contributed by atoms with E-state index >= 15 is 0 Å². The predicted molar refractivity (Wildman–Crippen MR) is 145 cm³/mol. The van der Waals surface area contributed by atoms with Crippen LogP contribution in [0, 0.1) is 5.92 Å². The summed E-state index contributed by atoms with van der Waals surface area (Å²) < 4.78 is 5.34. The minimum atomic E-state index is -1.14. The zero-order valence-electron chi connectivity index (χ0n) is 21.5. The maximum Gasteiger partial charge on any atom is 0.256 e. The van der Waals surface area contributed by atoms with Gasteiger partial charge >= 0.3 is 0 Å². The van der Waals surface area contributed by atoms with Gasteiger partial charge in [0.1, 0.15) is 22.7 Å². The van der Waals surface area contributed by atoms with Crippen LogP contribution in [0.15, 0.2) is 65.7 Å². The van der Waals surface area contributed by atoms with Gasteiger partial charge < -0.3 is 14.7 Å². The molecular weight excluding hydrogens is 478 g/mol. The first-order chi connectivity index (χ1) is 18.4. The van der Waals surface area contributed by atoms with Gasteiger partial charge in [-0.2, -0.15) is 0 Å². The van der Waals surface area contributed by atoms with Gasteiger partial charge in [0.05, 0.1) is 7.11 Å². The molecule has 1 saturated heterocycles. The molecular formula is C31H31N3O4. The topological polar surface area (TPSA) is 82.4 Å². The molecule has 3 aromatic carbocycles. The quantitative estimate of drug-likeness (QED) is 0.544. The number of amides is 2. The number of carbonyl (C=O) groups excluding carboxylic acids is 2. The van der Waals surface area contributed by atoms with Gasteiger partial charge in [-0.05, 0) is 78.1 Å². The van der Waals surface area contributed by atoms with Crippen molar-refractivity contribution in [2.24, 2.45) is 10.9 Å². The standard InChI is InChI=1S/C31H31N3O4/c1-38-26-9-8-24-16-23(6-7-25(24)17-26)21-2-4-22(5-3-21)27-32-30(11-12-30)28(35)34(27)19-20-10-15-33(18-20)29(36)31(37)13-14-31/h2-9,16-17,20,37H,10-15,18-19H2,1H3/t20-/m1/s1. The molecule has 2 aliphatic carbocycles. The molecule has 3 fully saturated rings. The van der Waals surface area contributed by atoms with E-state index in [1.165, 1.54) is 0 Å². The van der Waals surface area contributed by atoms with Crippen LogP contribution in [0.5, 0.6) is 5.75 Å². The Balaban J connectivity index is 1.11. The van der Waals surface area contributed by atoms with E-state index in [0.717, 1.165) is 58.3 Å². The number of ether oxygens (including phenoxy) is 1. The van der Waals surface area contributed by atoms with E-state index in [1.54, 1.807) is 12.0 Å². The van der Waals surface area contributed by atoms with Crippen LogP contribution in [0.4, 0.5) is 0 Å².